The van der Waals surface area contributed by atoms with E-state index in [1.807, 2.05) is 0 Å². The lowest BCUT2D eigenvalue weighted by molar-refractivity contribution is -0.137. The van der Waals surface area contributed by atoms with Gasteiger partial charge in [0.05, 0.1) is 5.56 Å². The van der Waals surface area contributed by atoms with Crippen molar-refractivity contribution in [1.29, 1.82) is 0 Å². The highest BCUT2D eigenvalue weighted by molar-refractivity contribution is 5.77. The molecule has 0 spiro atoms. The third kappa shape index (κ3) is 2.68. The Morgan fingerprint density at radius 2 is 1.93 bits per heavy atom. The fourth-order valence-corrected chi connectivity index (χ4v) is 1.23. The van der Waals surface area contributed by atoms with E-state index in [1.165, 1.54) is 18.2 Å². The monoisotopic (exact) mass is 214 g/mol. The molecule has 0 aliphatic rings. The van der Waals surface area contributed by atoms with Crippen LogP contribution in [-0.2, 0) is 6.18 Å². The van der Waals surface area contributed by atoms with Crippen LogP contribution in [0.4, 0.5) is 13.2 Å². The maximum Gasteiger partial charge on any atom is 0.416 e. The minimum Gasteiger partial charge on any atom is -0.298 e. The second-order valence-corrected chi connectivity index (χ2v) is 2.96. The van der Waals surface area contributed by atoms with Crippen LogP contribution in [0.15, 0.2) is 24.3 Å². The van der Waals surface area contributed by atoms with Gasteiger partial charge in [0.2, 0.25) is 0 Å². The molecule has 0 aliphatic carbocycles. The molecule has 15 heavy (non-hydrogen) atoms. The summed E-state index contributed by atoms with van der Waals surface area (Å²) in [5.74, 6) is 0. The molecule has 0 heterocycles. The Balaban J connectivity index is 3.33. The van der Waals surface area contributed by atoms with Crippen LogP contribution in [0.3, 0.4) is 0 Å². The van der Waals surface area contributed by atoms with Crippen LogP contribution in [0.25, 0.3) is 6.08 Å². The number of rotatable bonds is 2. The summed E-state index contributed by atoms with van der Waals surface area (Å²) in [6.07, 6.45) is -1.04. The lowest BCUT2D eigenvalue weighted by atomic mass is 10.0. The molecule has 0 saturated carbocycles. The van der Waals surface area contributed by atoms with Gasteiger partial charge in [0.1, 0.15) is 6.29 Å². The average Bonchev–Trinajstić information content (AvgIpc) is 2.16. The summed E-state index contributed by atoms with van der Waals surface area (Å²) in [7, 11) is 0. The van der Waals surface area contributed by atoms with Gasteiger partial charge < -0.3 is 0 Å². The zero-order valence-corrected chi connectivity index (χ0v) is 8.01. The third-order valence-electron chi connectivity index (χ3n) is 1.86. The number of hydrogen-bond acceptors (Lipinski definition) is 1. The van der Waals surface area contributed by atoms with Crippen molar-refractivity contribution in [3.8, 4) is 0 Å². The molecule has 0 atom stereocenters. The number of carbonyl (C=O) groups is 1. The minimum absolute atomic E-state index is 0.00889. The fourth-order valence-electron chi connectivity index (χ4n) is 1.23. The molecule has 0 aromatic heterocycles. The van der Waals surface area contributed by atoms with Crippen molar-refractivity contribution >= 4 is 12.4 Å². The molecule has 4 heteroatoms. The van der Waals surface area contributed by atoms with Crippen LogP contribution in [-0.4, -0.2) is 6.29 Å². The second kappa shape index (κ2) is 4.29. The summed E-state index contributed by atoms with van der Waals surface area (Å²) < 4.78 is 37.5. The van der Waals surface area contributed by atoms with Crippen LogP contribution >= 0.6 is 0 Å². The van der Waals surface area contributed by atoms with Gasteiger partial charge in [0.15, 0.2) is 0 Å². The predicted octanol–water partition coefficient (Wildman–Crippen LogP) is 3.55. The van der Waals surface area contributed by atoms with Crippen molar-refractivity contribution < 1.29 is 18.0 Å². The van der Waals surface area contributed by atoms with Crippen molar-refractivity contribution in [2.24, 2.45) is 0 Å². The normalized spacial score (nSPS) is 12.0. The van der Waals surface area contributed by atoms with E-state index in [-0.39, 0.29) is 11.1 Å². The Hall–Kier alpha value is -1.58. The molecule has 0 amide bonds. The maximum atomic E-state index is 12.5. The molecule has 0 radical (unpaired) electrons. The zero-order chi connectivity index (χ0) is 11.5. The summed E-state index contributed by atoms with van der Waals surface area (Å²) in [6, 6.07) is 3.29. The smallest absolute Gasteiger partial charge is 0.298 e. The van der Waals surface area contributed by atoms with Crippen LogP contribution in [0.5, 0.6) is 0 Å². The van der Waals surface area contributed by atoms with Crippen molar-refractivity contribution in [1.82, 2.24) is 0 Å². The molecular formula is C11H9F3O. The summed E-state index contributed by atoms with van der Waals surface area (Å²) in [6.45, 7) is 1.62. The summed E-state index contributed by atoms with van der Waals surface area (Å²) >= 11 is 0. The van der Waals surface area contributed by atoms with E-state index in [1.54, 1.807) is 6.92 Å². The first kappa shape index (κ1) is 11.5. The highest BCUT2D eigenvalue weighted by Crippen LogP contribution is 2.32. The molecule has 0 unspecified atom stereocenters. The van der Waals surface area contributed by atoms with Crippen LogP contribution in [0.2, 0.25) is 0 Å². The number of hydrogen-bond donors (Lipinski definition) is 0. The van der Waals surface area contributed by atoms with Crippen molar-refractivity contribution in [3.63, 3.8) is 0 Å². The van der Waals surface area contributed by atoms with Crippen LogP contribution in [0.1, 0.15) is 28.4 Å². The zero-order valence-electron chi connectivity index (χ0n) is 8.01. The first-order valence-electron chi connectivity index (χ1n) is 4.28. The Morgan fingerprint density at radius 3 is 2.40 bits per heavy atom. The molecule has 1 nitrogen and oxygen atoms in total. The van der Waals surface area contributed by atoms with Crippen LogP contribution in [0, 0.1) is 0 Å². The Bertz CT molecular complexity index is 391. The van der Waals surface area contributed by atoms with Gasteiger partial charge in [0.25, 0.3) is 0 Å². The highest BCUT2D eigenvalue weighted by Gasteiger charge is 2.32. The number of halogens is 3. The van der Waals surface area contributed by atoms with Crippen molar-refractivity contribution in [2.45, 2.75) is 13.1 Å². The molecule has 1 aromatic carbocycles. The van der Waals surface area contributed by atoms with E-state index in [4.69, 9.17) is 0 Å². The summed E-state index contributed by atoms with van der Waals surface area (Å²) in [5, 5.41) is 0. The molecule has 1 rings (SSSR count). The van der Waals surface area contributed by atoms with E-state index in [0.717, 1.165) is 12.1 Å². The van der Waals surface area contributed by atoms with E-state index in [9.17, 15) is 18.0 Å². The van der Waals surface area contributed by atoms with Gasteiger partial charge in [-0.2, -0.15) is 13.2 Å². The number of alkyl halides is 3. The number of allylic oxidation sites excluding steroid dienone is 1. The Kier molecular flexibility index (Phi) is 3.29. The third-order valence-corrected chi connectivity index (χ3v) is 1.86. The SMILES string of the molecule is C/C=C/c1cc(C=O)ccc1C(F)(F)F. The predicted molar refractivity (Wildman–Crippen MR) is 51.5 cm³/mol. The number of aldehydes is 1. The summed E-state index contributed by atoms with van der Waals surface area (Å²) in [4.78, 5) is 10.4. The van der Waals surface area contributed by atoms with Crippen molar-refractivity contribution in [3.05, 3.63) is 41.0 Å². The molecule has 1 aromatic rings. The molecular weight excluding hydrogens is 205 g/mol. The Labute approximate surface area is 85.2 Å². The largest absolute Gasteiger partial charge is 0.416 e. The van der Waals surface area contributed by atoms with Gasteiger partial charge >= 0.3 is 6.18 Å². The van der Waals surface area contributed by atoms with Gasteiger partial charge in [-0.15, -0.1) is 0 Å². The van der Waals surface area contributed by atoms with Gasteiger partial charge in [-0.05, 0) is 24.6 Å². The Morgan fingerprint density at radius 1 is 1.27 bits per heavy atom. The average molecular weight is 214 g/mol. The van der Waals surface area contributed by atoms with Crippen molar-refractivity contribution in [2.75, 3.05) is 0 Å². The van der Waals surface area contributed by atoms with Gasteiger partial charge in [-0.1, -0.05) is 18.2 Å². The number of carbonyl (C=O) groups excluding carboxylic acids is 1. The highest BCUT2D eigenvalue weighted by atomic mass is 19.4. The molecule has 80 valence electrons. The van der Waals surface area contributed by atoms with Crippen LogP contribution < -0.4 is 0 Å². The molecule has 0 aliphatic heterocycles. The van der Waals surface area contributed by atoms with Gasteiger partial charge in [0, 0.05) is 5.56 Å². The lowest BCUT2D eigenvalue weighted by Gasteiger charge is -2.10. The number of benzene rings is 1. The molecule has 0 N–H and O–H groups in total. The fraction of sp³-hybridized carbons (Fsp3) is 0.182. The topological polar surface area (TPSA) is 17.1 Å². The van der Waals surface area contributed by atoms with E-state index in [2.05, 4.69) is 0 Å². The molecule has 0 fully saturated rings. The molecule has 0 bridgehead atoms. The quantitative estimate of drug-likeness (QED) is 0.688. The lowest BCUT2D eigenvalue weighted by Crippen LogP contribution is -2.07. The van der Waals surface area contributed by atoms with Gasteiger partial charge in [-0.3, -0.25) is 4.79 Å². The van der Waals surface area contributed by atoms with Gasteiger partial charge in [-0.25, -0.2) is 0 Å². The minimum atomic E-state index is -4.39. The molecule has 0 saturated heterocycles. The van der Waals surface area contributed by atoms with E-state index >= 15 is 0 Å². The second-order valence-electron chi connectivity index (χ2n) is 2.96. The van der Waals surface area contributed by atoms with E-state index < -0.39 is 11.7 Å². The summed E-state index contributed by atoms with van der Waals surface area (Å²) in [5.41, 5.74) is -0.489. The standard InChI is InChI=1S/C11H9F3O/c1-2-3-9-6-8(7-15)4-5-10(9)11(12,13)14/h2-7H,1H3/b3-2+. The first-order valence-corrected chi connectivity index (χ1v) is 4.28. The first-order chi connectivity index (χ1) is 6.99. The maximum absolute atomic E-state index is 12.5. The van der Waals surface area contributed by atoms with E-state index in [0.29, 0.717) is 6.29 Å².